The summed E-state index contributed by atoms with van der Waals surface area (Å²) in [5.41, 5.74) is 8.55. The maximum absolute atomic E-state index is 4.79. The van der Waals surface area contributed by atoms with Crippen LogP contribution in [0.25, 0.3) is 33.8 Å². The number of aromatic nitrogens is 5. The van der Waals surface area contributed by atoms with E-state index in [9.17, 15) is 0 Å². The molecule has 2 heterocycles. The summed E-state index contributed by atoms with van der Waals surface area (Å²) in [5.74, 6) is 1.70. The summed E-state index contributed by atoms with van der Waals surface area (Å²) in [6.45, 7) is 8.35. The molecule has 2 aromatic heterocycles. The van der Waals surface area contributed by atoms with Gasteiger partial charge in [-0.25, -0.2) is 0 Å². The molecule has 31 heavy (non-hydrogen) atoms. The number of imidazole rings is 1. The average Bonchev–Trinajstić information content (AvgIpc) is 3.31. The van der Waals surface area contributed by atoms with E-state index in [0.717, 1.165) is 39.6 Å². The van der Waals surface area contributed by atoms with Gasteiger partial charge in [0, 0.05) is 31.3 Å². The Labute approximate surface area is 195 Å². The van der Waals surface area contributed by atoms with E-state index in [2.05, 4.69) is 65.8 Å². The number of aryl methyl sites for hydroxylation is 4. The molecule has 6 heteroatoms. The van der Waals surface area contributed by atoms with Crippen LogP contribution in [0, 0.1) is 33.8 Å². The summed E-state index contributed by atoms with van der Waals surface area (Å²) in [5, 5.41) is 4.52. The van der Waals surface area contributed by atoms with Gasteiger partial charge < -0.3 is 4.57 Å². The Morgan fingerprint density at radius 2 is 1.61 bits per heavy atom. The normalized spacial score (nSPS) is 11.0. The van der Waals surface area contributed by atoms with Crippen LogP contribution in [0.15, 0.2) is 60.9 Å². The Hall–Kier alpha value is -3.08. The van der Waals surface area contributed by atoms with Gasteiger partial charge in [0.05, 0.1) is 11.5 Å². The SMILES string of the molecule is Cc1cc(C)c(-n2ncnc2-c2[c-]cc3c(c2)nc(C)n3-c2ccccc2)c(C)c1.[Ir]. The zero-order valence-electron chi connectivity index (χ0n) is 17.8. The van der Waals surface area contributed by atoms with Gasteiger partial charge in [0.2, 0.25) is 0 Å². The number of nitrogens with zero attached hydrogens (tertiary/aromatic N) is 5. The molecular weight excluding hydrogens is 563 g/mol. The van der Waals surface area contributed by atoms with Crippen LogP contribution in [0.2, 0.25) is 0 Å². The van der Waals surface area contributed by atoms with Crippen molar-refractivity contribution in [3.8, 4) is 22.8 Å². The Morgan fingerprint density at radius 1 is 0.903 bits per heavy atom. The van der Waals surface area contributed by atoms with Crippen molar-refractivity contribution in [2.24, 2.45) is 0 Å². The van der Waals surface area contributed by atoms with E-state index in [1.165, 1.54) is 16.7 Å². The minimum atomic E-state index is 0. The maximum Gasteiger partial charge on any atom is 0.127 e. The van der Waals surface area contributed by atoms with Gasteiger partial charge in [0.25, 0.3) is 0 Å². The van der Waals surface area contributed by atoms with Crippen molar-refractivity contribution in [1.82, 2.24) is 24.3 Å². The summed E-state index contributed by atoms with van der Waals surface area (Å²) in [6, 6.07) is 22.1. The molecule has 0 saturated heterocycles. The first-order valence-electron chi connectivity index (χ1n) is 9.98. The number of rotatable bonds is 3. The van der Waals surface area contributed by atoms with Crippen LogP contribution in [0.3, 0.4) is 0 Å². The molecule has 0 amide bonds. The molecule has 157 valence electrons. The summed E-state index contributed by atoms with van der Waals surface area (Å²) in [6.07, 6.45) is 1.60. The van der Waals surface area contributed by atoms with Crippen LogP contribution in [-0.4, -0.2) is 24.3 Å². The van der Waals surface area contributed by atoms with Crippen LogP contribution in [0.5, 0.6) is 0 Å². The molecule has 5 rings (SSSR count). The van der Waals surface area contributed by atoms with E-state index in [4.69, 9.17) is 4.98 Å². The molecule has 0 aliphatic carbocycles. The van der Waals surface area contributed by atoms with Crippen LogP contribution < -0.4 is 0 Å². The Bertz CT molecular complexity index is 1360. The number of hydrogen-bond donors (Lipinski definition) is 0. The van der Waals surface area contributed by atoms with Crippen molar-refractivity contribution < 1.29 is 20.1 Å². The monoisotopic (exact) mass is 585 g/mol. The van der Waals surface area contributed by atoms with Crippen LogP contribution in [-0.2, 0) is 20.1 Å². The van der Waals surface area contributed by atoms with Crippen molar-refractivity contribution in [3.63, 3.8) is 0 Å². The van der Waals surface area contributed by atoms with Gasteiger partial charge in [-0.1, -0.05) is 35.9 Å². The van der Waals surface area contributed by atoms with Gasteiger partial charge in [-0.15, -0.1) is 23.8 Å². The predicted octanol–water partition coefficient (Wildman–Crippen LogP) is 5.30. The molecule has 0 aliphatic heterocycles. The smallest absolute Gasteiger partial charge is 0.127 e. The maximum atomic E-state index is 4.79. The quantitative estimate of drug-likeness (QED) is 0.271. The first kappa shape index (κ1) is 21.2. The molecule has 0 aliphatic rings. The molecule has 0 atom stereocenters. The van der Waals surface area contributed by atoms with Crippen molar-refractivity contribution in [2.45, 2.75) is 27.7 Å². The van der Waals surface area contributed by atoms with Crippen LogP contribution in [0.1, 0.15) is 22.5 Å². The molecule has 0 unspecified atom stereocenters. The summed E-state index contributed by atoms with van der Waals surface area (Å²) in [4.78, 5) is 9.34. The van der Waals surface area contributed by atoms with E-state index >= 15 is 0 Å². The molecular formula is C25H22IrN5-. The standard InChI is InChI=1S/C25H22N5.Ir/c1-16-12-17(2)24(18(3)13-16)30-25(26-15-27-30)20-10-11-23-22(14-20)28-19(4)29(23)21-8-6-5-7-9-21;/h5-9,11-15H,1-4H3;/q-1;. The Balaban J connectivity index is 0.00000231. The molecule has 3 aromatic carbocycles. The Morgan fingerprint density at radius 3 is 2.32 bits per heavy atom. The average molecular weight is 585 g/mol. The van der Waals surface area contributed by atoms with E-state index in [-0.39, 0.29) is 20.1 Å². The first-order chi connectivity index (χ1) is 14.5. The van der Waals surface area contributed by atoms with E-state index in [0.29, 0.717) is 0 Å². The second kappa shape index (κ2) is 8.22. The molecule has 0 fully saturated rings. The van der Waals surface area contributed by atoms with Crippen molar-refractivity contribution in [2.75, 3.05) is 0 Å². The minimum Gasteiger partial charge on any atom is -0.338 e. The topological polar surface area (TPSA) is 48.5 Å². The summed E-state index contributed by atoms with van der Waals surface area (Å²) < 4.78 is 4.05. The van der Waals surface area contributed by atoms with E-state index in [1.807, 2.05) is 41.9 Å². The van der Waals surface area contributed by atoms with Gasteiger partial charge in [-0.2, -0.15) is 5.10 Å². The third-order valence-corrected chi connectivity index (χ3v) is 5.40. The fourth-order valence-corrected chi connectivity index (χ4v) is 4.27. The zero-order valence-corrected chi connectivity index (χ0v) is 20.2. The third-order valence-electron chi connectivity index (χ3n) is 5.40. The van der Waals surface area contributed by atoms with Gasteiger partial charge in [-0.3, -0.25) is 14.6 Å². The number of hydrogen-bond acceptors (Lipinski definition) is 3. The summed E-state index contributed by atoms with van der Waals surface area (Å²) >= 11 is 0. The predicted molar refractivity (Wildman–Crippen MR) is 119 cm³/mol. The molecule has 5 aromatic rings. The first-order valence-corrected chi connectivity index (χ1v) is 9.98. The van der Waals surface area contributed by atoms with E-state index < -0.39 is 0 Å². The number of para-hydroxylation sites is 1. The summed E-state index contributed by atoms with van der Waals surface area (Å²) in [7, 11) is 0. The largest absolute Gasteiger partial charge is 0.338 e. The van der Waals surface area contributed by atoms with Crippen molar-refractivity contribution in [1.29, 1.82) is 0 Å². The van der Waals surface area contributed by atoms with Gasteiger partial charge >= 0.3 is 0 Å². The molecule has 1 radical (unpaired) electrons. The van der Waals surface area contributed by atoms with Crippen molar-refractivity contribution in [3.05, 3.63) is 89.5 Å². The number of benzene rings is 3. The fourth-order valence-electron chi connectivity index (χ4n) is 4.27. The second-order valence-corrected chi connectivity index (χ2v) is 7.69. The van der Waals surface area contributed by atoms with Crippen LogP contribution in [0.4, 0.5) is 0 Å². The van der Waals surface area contributed by atoms with Gasteiger partial charge in [0.1, 0.15) is 12.2 Å². The van der Waals surface area contributed by atoms with Gasteiger partial charge in [-0.05, 0) is 56.5 Å². The van der Waals surface area contributed by atoms with E-state index in [1.54, 1.807) is 6.33 Å². The third kappa shape index (κ3) is 3.62. The van der Waals surface area contributed by atoms with Crippen LogP contribution >= 0.6 is 0 Å². The zero-order chi connectivity index (χ0) is 20.8. The molecule has 0 N–H and O–H groups in total. The van der Waals surface area contributed by atoms with Crippen molar-refractivity contribution >= 4 is 11.0 Å². The van der Waals surface area contributed by atoms with Gasteiger partial charge in [0.15, 0.2) is 0 Å². The molecule has 0 spiro atoms. The minimum absolute atomic E-state index is 0. The second-order valence-electron chi connectivity index (χ2n) is 7.69. The Kier molecular flexibility index (Phi) is 5.61. The number of fused-ring (bicyclic) bond motifs is 1. The molecule has 0 bridgehead atoms. The molecule has 5 nitrogen and oxygen atoms in total. The fraction of sp³-hybridized carbons (Fsp3) is 0.160. The molecule has 0 saturated carbocycles.